The van der Waals surface area contributed by atoms with E-state index in [9.17, 15) is 9.59 Å². The summed E-state index contributed by atoms with van der Waals surface area (Å²) < 4.78 is 5.31. The van der Waals surface area contributed by atoms with Gasteiger partial charge in [0.2, 0.25) is 0 Å². The van der Waals surface area contributed by atoms with Crippen LogP contribution in [0.4, 0.5) is 0 Å². The number of amides is 2. The number of carbonyl (C=O) groups excluding carboxylic acids is 2. The Morgan fingerprint density at radius 3 is 2.88 bits per heavy atom. The normalized spacial score (nSPS) is 21.4. The minimum absolute atomic E-state index is 0.0127. The van der Waals surface area contributed by atoms with Crippen molar-refractivity contribution in [3.05, 3.63) is 29.6 Å². The van der Waals surface area contributed by atoms with Gasteiger partial charge in [-0.3, -0.25) is 19.5 Å². The van der Waals surface area contributed by atoms with E-state index in [1.165, 1.54) is 6.20 Å². The zero-order valence-corrected chi connectivity index (χ0v) is 15.4. The summed E-state index contributed by atoms with van der Waals surface area (Å²) in [5, 5.41) is 2.89. The minimum Gasteiger partial charge on any atom is -0.379 e. The summed E-state index contributed by atoms with van der Waals surface area (Å²) in [6, 6.07) is 3.29. The number of likely N-dealkylation sites (tertiary alicyclic amines) is 1. The summed E-state index contributed by atoms with van der Waals surface area (Å²) in [6.07, 6.45) is 3.74. The average Bonchev–Trinajstić information content (AvgIpc) is 2.68. The molecule has 26 heavy (non-hydrogen) atoms. The summed E-state index contributed by atoms with van der Waals surface area (Å²) in [5.74, 6) is 0.277. The Morgan fingerprint density at radius 2 is 2.12 bits per heavy atom. The Hall–Kier alpha value is -1.99. The number of ether oxygens (including phenoxy) is 1. The zero-order valence-electron chi connectivity index (χ0n) is 15.4. The van der Waals surface area contributed by atoms with Crippen molar-refractivity contribution in [2.24, 2.45) is 5.92 Å². The molecule has 142 valence electrons. The Balaban J connectivity index is 1.54. The van der Waals surface area contributed by atoms with E-state index in [0.717, 1.165) is 58.8 Å². The number of pyridine rings is 1. The van der Waals surface area contributed by atoms with Gasteiger partial charge < -0.3 is 15.0 Å². The van der Waals surface area contributed by atoms with Crippen LogP contribution in [-0.2, 0) is 4.74 Å². The molecule has 1 aromatic heterocycles. The smallest absolute Gasteiger partial charge is 0.269 e. The lowest BCUT2D eigenvalue weighted by molar-refractivity contribution is 0.0383. The van der Waals surface area contributed by atoms with E-state index in [2.05, 4.69) is 22.1 Å². The third-order valence-corrected chi connectivity index (χ3v) is 5.00. The highest BCUT2D eigenvalue weighted by Gasteiger charge is 2.23. The van der Waals surface area contributed by atoms with Gasteiger partial charge in [0, 0.05) is 51.0 Å². The topological polar surface area (TPSA) is 74.8 Å². The number of hydrogen-bond acceptors (Lipinski definition) is 5. The van der Waals surface area contributed by atoms with E-state index < -0.39 is 0 Å². The van der Waals surface area contributed by atoms with Crippen molar-refractivity contribution in [3.63, 3.8) is 0 Å². The second kappa shape index (κ2) is 9.09. The fraction of sp³-hybridized carbons (Fsp3) is 0.632. The average molecular weight is 360 g/mol. The summed E-state index contributed by atoms with van der Waals surface area (Å²) in [4.78, 5) is 33.3. The van der Waals surface area contributed by atoms with Gasteiger partial charge in [-0.2, -0.15) is 0 Å². The molecule has 1 aromatic rings. The molecule has 1 atom stereocenters. The number of rotatable bonds is 5. The van der Waals surface area contributed by atoms with Gasteiger partial charge in [-0.1, -0.05) is 6.92 Å². The van der Waals surface area contributed by atoms with Gasteiger partial charge in [-0.15, -0.1) is 0 Å². The van der Waals surface area contributed by atoms with Crippen LogP contribution in [0, 0.1) is 5.92 Å². The lowest BCUT2D eigenvalue weighted by atomic mass is 9.99. The number of carbonyl (C=O) groups is 2. The summed E-state index contributed by atoms with van der Waals surface area (Å²) in [7, 11) is 0. The molecule has 2 aliphatic rings. The second-order valence-corrected chi connectivity index (χ2v) is 7.14. The first-order valence-corrected chi connectivity index (χ1v) is 9.47. The Bertz CT molecular complexity index is 631. The number of hydrogen-bond donors (Lipinski definition) is 1. The lowest BCUT2D eigenvalue weighted by Gasteiger charge is -2.31. The van der Waals surface area contributed by atoms with Gasteiger partial charge in [0.25, 0.3) is 11.8 Å². The first-order valence-electron chi connectivity index (χ1n) is 9.47. The van der Waals surface area contributed by atoms with E-state index >= 15 is 0 Å². The number of morpholine rings is 1. The van der Waals surface area contributed by atoms with Gasteiger partial charge in [-0.05, 0) is 30.9 Å². The van der Waals surface area contributed by atoms with Crippen molar-refractivity contribution in [2.75, 3.05) is 52.5 Å². The van der Waals surface area contributed by atoms with Crippen molar-refractivity contribution < 1.29 is 14.3 Å². The molecule has 3 rings (SSSR count). The number of nitrogens with one attached hydrogen (secondary N) is 1. The number of aromatic nitrogens is 1. The fourth-order valence-corrected chi connectivity index (χ4v) is 3.49. The molecule has 3 heterocycles. The second-order valence-electron chi connectivity index (χ2n) is 7.14. The van der Waals surface area contributed by atoms with Crippen molar-refractivity contribution in [1.29, 1.82) is 0 Å². The lowest BCUT2D eigenvalue weighted by Crippen LogP contribution is -2.41. The predicted octanol–water partition coefficient (Wildman–Crippen LogP) is 1.02. The van der Waals surface area contributed by atoms with E-state index in [-0.39, 0.29) is 11.8 Å². The molecule has 0 bridgehead atoms. The molecule has 1 unspecified atom stereocenters. The molecule has 7 heteroatoms. The van der Waals surface area contributed by atoms with Crippen molar-refractivity contribution in [3.8, 4) is 0 Å². The molecule has 0 radical (unpaired) electrons. The van der Waals surface area contributed by atoms with Crippen LogP contribution in [0.2, 0.25) is 0 Å². The summed E-state index contributed by atoms with van der Waals surface area (Å²) in [5.41, 5.74) is 0.829. The minimum atomic E-state index is -0.236. The van der Waals surface area contributed by atoms with Crippen LogP contribution < -0.4 is 5.32 Å². The van der Waals surface area contributed by atoms with Crippen LogP contribution in [0.3, 0.4) is 0 Å². The number of piperidine rings is 1. The highest BCUT2D eigenvalue weighted by Crippen LogP contribution is 2.18. The van der Waals surface area contributed by atoms with E-state index in [1.54, 1.807) is 12.1 Å². The molecule has 1 N–H and O–H groups in total. The Labute approximate surface area is 154 Å². The van der Waals surface area contributed by atoms with Crippen molar-refractivity contribution >= 4 is 11.8 Å². The maximum Gasteiger partial charge on any atom is 0.269 e. The first-order chi connectivity index (χ1) is 12.6. The van der Waals surface area contributed by atoms with Crippen LogP contribution in [0.5, 0.6) is 0 Å². The van der Waals surface area contributed by atoms with Crippen LogP contribution in [0.15, 0.2) is 18.3 Å². The molecule has 0 aromatic carbocycles. The Kier molecular flexibility index (Phi) is 6.57. The van der Waals surface area contributed by atoms with E-state index in [0.29, 0.717) is 23.7 Å². The largest absolute Gasteiger partial charge is 0.379 e. The molecule has 2 amide bonds. The number of nitrogens with zero attached hydrogens (tertiary/aromatic N) is 3. The quantitative estimate of drug-likeness (QED) is 0.848. The van der Waals surface area contributed by atoms with Gasteiger partial charge in [0.1, 0.15) is 5.69 Å². The van der Waals surface area contributed by atoms with Crippen LogP contribution in [0.1, 0.15) is 40.6 Å². The molecule has 0 spiro atoms. The maximum absolute atomic E-state index is 12.7. The van der Waals surface area contributed by atoms with Crippen molar-refractivity contribution in [1.82, 2.24) is 20.1 Å². The highest BCUT2D eigenvalue weighted by atomic mass is 16.5. The predicted molar refractivity (Wildman–Crippen MR) is 98.1 cm³/mol. The molecular weight excluding hydrogens is 332 g/mol. The highest BCUT2D eigenvalue weighted by molar-refractivity contribution is 5.98. The Morgan fingerprint density at radius 1 is 1.31 bits per heavy atom. The summed E-state index contributed by atoms with van der Waals surface area (Å²) in [6.45, 7) is 8.36. The van der Waals surface area contributed by atoms with Gasteiger partial charge in [0.15, 0.2) is 0 Å². The van der Waals surface area contributed by atoms with E-state index in [1.807, 2.05) is 4.90 Å². The molecule has 2 fully saturated rings. The van der Waals surface area contributed by atoms with E-state index in [4.69, 9.17) is 4.74 Å². The van der Waals surface area contributed by atoms with Crippen LogP contribution in [-0.4, -0.2) is 79.1 Å². The zero-order chi connectivity index (χ0) is 18.4. The monoisotopic (exact) mass is 360 g/mol. The molecule has 2 saturated heterocycles. The third-order valence-electron chi connectivity index (χ3n) is 5.00. The molecule has 0 saturated carbocycles. The van der Waals surface area contributed by atoms with Gasteiger partial charge >= 0.3 is 0 Å². The van der Waals surface area contributed by atoms with Crippen LogP contribution >= 0.6 is 0 Å². The van der Waals surface area contributed by atoms with Crippen molar-refractivity contribution in [2.45, 2.75) is 19.8 Å². The van der Waals surface area contributed by atoms with Gasteiger partial charge in [0.05, 0.1) is 13.2 Å². The molecule has 0 aliphatic carbocycles. The third kappa shape index (κ3) is 5.02. The SMILES string of the molecule is CC1CCCN(C(=O)c2ccnc(C(=O)NCCN3CCOCC3)c2)C1. The molecule has 2 aliphatic heterocycles. The fourth-order valence-electron chi connectivity index (χ4n) is 3.49. The summed E-state index contributed by atoms with van der Waals surface area (Å²) >= 11 is 0. The first kappa shape index (κ1) is 18.8. The van der Waals surface area contributed by atoms with Crippen LogP contribution in [0.25, 0.3) is 0 Å². The maximum atomic E-state index is 12.7. The van der Waals surface area contributed by atoms with Gasteiger partial charge in [-0.25, -0.2) is 0 Å². The molecule has 7 nitrogen and oxygen atoms in total. The molecular formula is C19H28N4O3. The standard InChI is InChI=1S/C19H28N4O3/c1-15-3-2-7-23(14-15)19(25)16-4-5-20-17(13-16)18(24)21-6-8-22-9-11-26-12-10-22/h4-5,13,15H,2-3,6-12,14H2,1H3,(H,21,24).